The maximum atomic E-state index is 12.7. The average Bonchev–Trinajstić information content (AvgIpc) is 3.09. The van der Waals surface area contributed by atoms with E-state index < -0.39 is 17.2 Å². The van der Waals surface area contributed by atoms with Gasteiger partial charge < -0.3 is 19.7 Å². The zero-order chi connectivity index (χ0) is 18.7. The summed E-state index contributed by atoms with van der Waals surface area (Å²) in [7, 11) is 0. The molecule has 0 aromatic carbocycles. The number of carbonyl (C=O) groups is 1. The van der Waals surface area contributed by atoms with Crippen LogP contribution in [-0.2, 0) is 0 Å². The zero-order valence-corrected chi connectivity index (χ0v) is 19.4. The maximum Gasteiger partial charge on any atom is 0.270 e. The molecule has 3 heterocycles. The SMILES string of the molecule is CC(C)n1c(=O)c(C(=O)NCCCN2CCCCC2)c(O)c2ncoc21.[K]. The summed E-state index contributed by atoms with van der Waals surface area (Å²) in [6.07, 6.45) is 5.71. The number of oxazole rings is 1. The van der Waals surface area contributed by atoms with Crippen molar-refractivity contribution in [3.05, 3.63) is 22.3 Å². The molecule has 0 aliphatic carbocycles. The van der Waals surface area contributed by atoms with Crippen molar-refractivity contribution in [1.29, 1.82) is 0 Å². The molecule has 2 aromatic heterocycles. The second-order valence-corrected chi connectivity index (χ2v) is 7.01. The predicted octanol–water partition coefficient (Wildman–Crippen LogP) is 1.50. The summed E-state index contributed by atoms with van der Waals surface area (Å²) < 4.78 is 6.57. The topological polar surface area (TPSA) is 101 Å². The average molecular weight is 402 g/mol. The van der Waals surface area contributed by atoms with Gasteiger partial charge in [0.2, 0.25) is 5.71 Å². The van der Waals surface area contributed by atoms with Crippen LogP contribution in [0.15, 0.2) is 15.6 Å². The number of amides is 1. The minimum atomic E-state index is -0.578. The molecule has 2 N–H and O–H groups in total. The fourth-order valence-electron chi connectivity index (χ4n) is 3.46. The van der Waals surface area contributed by atoms with Crippen LogP contribution >= 0.6 is 0 Å². The molecule has 9 heteroatoms. The van der Waals surface area contributed by atoms with Crippen LogP contribution in [0, 0.1) is 0 Å². The molecule has 1 aliphatic heterocycles. The van der Waals surface area contributed by atoms with Crippen molar-refractivity contribution < 1.29 is 14.3 Å². The number of nitrogens with zero attached hydrogens (tertiary/aromatic N) is 3. The molecule has 1 aliphatic rings. The van der Waals surface area contributed by atoms with Gasteiger partial charge in [-0.1, -0.05) is 6.42 Å². The van der Waals surface area contributed by atoms with Crippen LogP contribution < -0.4 is 10.9 Å². The summed E-state index contributed by atoms with van der Waals surface area (Å²) in [5, 5.41) is 13.1. The third-order valence-electron chi connectivity index (χ3n) is 4.79. The first kappa shape index (κ1) is 22.6. The second-order valence-electron chi connectivity index (χ2n) is 7.01. The van der Waals surface area contributed by atoms with Gasteiger partial charge in [0.05, 0.1) is 0 Å². The minimum absolute atomic E-state index is 0. The Morgan fingerprint density at radius 1 is 1.33 bits per heavy atom. The summed E-state index contributed by atoms with van der Waals surface area (Å²) in [6.45, 7) is 7.20. The summed E-state index contributed by atoms with van der Waals surface area (Å²) in [5.74, 6) is -1.00. The molecule has 1 saturated heterocycles. The number of piperidine rings is 1. The van der Waals surface area contributed by atoms with Gasteiger partial charge in [-0.25, -0.2) is 4.98 Å². The van der Waals surface area contributed by atoms with Gasteiger partial charge >= 0.3 is 0 Å². The van der Waals surface area contributed by atoms with E-state index in [4.69, 9.17) is 4.42 Å². The normalized spacial score (nSPS) is 15.1. The quantitative estimate of drug-likeness (QED) is 0.562. The minimum Gasteiger partial charge on any atom is -0.505 e. The van der Waals surface area contributed by atoms with Crippen molar-refractivity contribution in [1.82, 2.24) is 19.8 Å². The number of hydrogen-bond acceptors (Lipinski definition) is 6. The van der Waals surface area contributed by atoms with Gasteiger partial charge in [0.25, 0.3) is 11.5 Å². The van der Waals surface area contributed by atoms with Crippen LogP contribution in [-0.4, -0.2) is 103 Å². The summed E-state index contributed by atoms with van der Waals surface area (Å²) >= 11 is 0. The number of fused-ring (bicyclic) bond motifs is 1. The van der Waals surface area contributed by atoms with E-state index in [1.54, 1.807) is 13.8 Å². The van der Waals surface area contributed by atoms with Crippen molar-refractivity contribution in [3.63, 3.8) is 0 Å². The van der Waals surface area contributed by atoms with Crippen molar-refractivity contribution >= 4 is 68.5 Å². The summed E-state index contributed by atoms with van der Waals surface area (Å²) in [6, 6.07) is -0.232. The smallest absolute Gasteiger partial charge is 0.270 e. The Hall–Kier alpha value is -0.714. The molecule has 27 heavy (non-hydrogen) atoms. The molecule has 1 fully saturated rings. The zero-order valence-electron chi connectivity index (χ0n) is 16.3. The fourth-order valence-corrected chi connectivity index (χ4v) is 3.46. The molecular formula is C18H26KN4O4. The van der Waals surface area contributed by atoms with E-state index in [1.807, 2.05) is 0 Å². The molecule has 1 amide bonds. The number of carbonyl (C=O) groups excluding carboxylic acids is 1. The van der Waals surface area contributed by atoms with Crippen LogP contribution in [0.1, 0.15) is 55.9 Å². The Morgan fingerprint density at radius 2 is 2.04 bits per heavy atom. The van der Waals surface area contributed by atoms with Crippen LogP contribution in [0.2, 0.25) is 0 Å². The van der Waals surface area contributed by atoms with Gasteiger partial charge in [0.15, 0.2) is 17.7 Å². The Morgan fingerprint density at radius 3 is 2.70 bits per heavy atom. The molecule has 0 unspecified atom stereocenters. The largest absolute Gasteiger partial charge is 0.505 e. The molecule has 0 atom stereocenters. The first-order valence-electron chi connectivity index (χ1n) is 9.22. The Balaban J connectivity index is 0.00000261. The summed E-state index contributed by atoms with van der Waals surface area (Å²) in [5.41, 5.74) is -0.561. The number of aromatic nitrogens is 2. The Labute approximate surface area is 200 Å². The maximum absolute atomic E-state index is 12.7. The second kappa shape index (κ2) is 10.2. The molecule has 1 radical (unpaired) electrons. The molecule has 2 aromatic rings. The monoisotopic (exact) mass is 401 g/mol. The molecule has 0 saturated carbocycles. The fraction of sp³-hybridized carbons (Fsp3) is 0.611. The van der Waals surface area contributed by atoms with Gasteiger partial charge in [-0.3, -0.25) is 14.2 Å². The van der Waals surface area contributed by atoms with Gasteiger partial charge in [0, 0.05) is 64.0 Å². The first-order valence-corrected chi connectivity index (χ1v) is 9.22. The third kappa shape index (κ3) is 5.02. The first-order chi connectivity index (χ1) is 12.5. The molecule has 143 valence electrons. The number of rotatable bonds is 6. The molecular weight excluding hydrogens is 375 g/mol. The van der Waals surface area contributed by atoms with Gasteiger partial charge in [-0.2, -0.15) is 0 Å². The molecule has 3 rings (SSSR count). The van der Waals surface area contributed by atoms with Gasteiger partial charge in [-0.15, -0.1) is 0 Å². The van der Waals surface area contributed by atoms with E-state index in [0.29, 0.717) is 6.54 Å². The number of aromatic hydroxyl groups is 1. The Kier molecular flexibility index (Phi) is 8.51. The van der Waals surface area contributed by atoms with Crippen LogP contribution in [0.4, 0.5) is 0 Å². The van der Waals surface area contributed by atoms with Crippen molar-refractivity contribution in [2.75, 3.05) is 26.2 Å². The van der Waals surface area contributed by atoms with E-state index in [-0.39, 0.29) is 74.2 Å². The van der Waals surface area contributed by atoms with E-state index >= 15 is 0 Å². The van der Waals surface area contributed by atoms with Crippen LogP contribution in [0.25, 0.3) is 11.2 Å². The van der Waals surface area contributed by atoms with Crippen molar-refractivity contribution in [2.45, 2.75) is 45.6 Å². The van der Waals surface area contributed by atoms with Gasteiger partial charge in [-0.05, 0) is 52.7 Å². The number of hydrogen-bond donors (Lipinski definition) is 2. The molecule has 8 nitrogen and oxygen atoms in total. The number of pyridine rings is 1. The Bertz CT molecular complexity index is 840. The number of likely N-dealkylation sites (tertiary alicyclic amines) is 1. The number of nitrogens with one attached hydrogen (secondary N) is 1. The summed E-state index contributed by atoms with van der Waals surface area (Å²) in [4.78, 5) is 31.6. The van der Waals surface area contributed by atoms with Crippen molar-refractivity contribution in [3.8, 4) is 5.75 Å². The van der Waals surface area contributed by atoms with Gasteiger partial charge in [0.1, 0.15) is 5.56 Å². The van der Waals surface area contributed by atoms with E-state index in [0.717, 1.165) is 32.4 Å². The van der Waals surface area contributed by atoms with E-state index in [2.05, 4.69) is 15.2 Å². The standard InChI is InChI=1S/C18H26N4O4.K/c1-12(2)22-17(25)13(15(23)14-18(22)26-11-20-14)16(24)19-7-6-10-21-8-4-3-5-9-21;/h11-12,23H,3-10H2,1-2H3,(H,19,24);. The van der Waals surface area contributed by atoms with Crippen LogP contribution in [0.5, 0.6) is 5.75 Å². The van der Waals surface area contributed by atoms with E-state index in [1.165, 1.54) is 23.8 Å². The molecule has 0 spiro atoms. The van der Waals surface area contributed by atoms with Crippen LogP contribution in [0.3, 0.4) is 0 Å². The third-order valence-corrected chi connectivity index (χ3v) is 4.79. The van der Waals surface area contributed by atoms with E-state index in [9.17, 15) is 14.7 Å². The predicted molar refractivity (Wildman–Crippen MR) is 103 cm³/mol. The molecule has 0 bridgehead atoms. The van der Waals surface area contributed by atoms with Crippen molar-refractivity contribution in [2.24, 2.45) is 0 Å².